The average molecular weight is 171 g/mol. The zero-order valence-corrected chi connectivity index (χ0v) is 7.62. The molecule has 0 amide bonds. The first-order chi connectivity index (χ1) is 5.75. The molecule has 1 heterocycles. The molecule has 0 aromatic heterocycles. The maximum absolute atomic E-state index is 10.8. The third-order valence-corrected chi connectivity index (χ3v) is 2.50. The van der Waals surface area contributed by atoms with Gasteiger partial charge in [0.05, 0.1) is 0 Å². The molecule has 0 saturated carbocycles. The van der Waals surface area contributed by atoms with Crippen LogP contribution in [0.4, 0.5) is 0 Å². The first kappa shape index (κ1) is 9.52. The lowest BCUT2D eigenvalue weighted by Gasteiger charge is -2.31. The minimum Gasteiger partial charge on any atom is -0.480 e. The molecular formula is C9H17NO2. The van der Waals surface area contributed by atoms with Crippen LogP contribution in [0.25, 0.3) is 0 Å². The molecule has 0 spiro atoms. The van der Waals surface area contributed by atoms with Crippen LogP contribution in [-0.2, 0) is 4.79 Å². The summed E-state index contributed by atoms with van der Waals surface area (Å²) in [6, 6.07) is -0.245. The normalized spacial score (nSPS) is 22.1. The van der Waals surface area contributed by atoms with Gasteiger partial charge in [-0.15, -0.1) is 0 Å². The van der Waals surface area contributed by atoms with Gasteiger partial charge < -0.3 is 5.11 Å². The quantitative estimate of drug-likeness (QED) is 0.696. The number of carboxylic acids is 1. The van der Waals surface area contributed by atoms with Gasteiger partial charge in [-0.3, -0.25) is 9.69 Å². The molecule has 0 bridgehead atoms. The van der Waals surface area contributed by atoms with E-state index < -0.39 is 5.97 Å². The molecule has 0 aromatic carbocycles. The fourth-order valence-corrected chi connectivity index (χ4v) is 1.82. The van der Waals surface area contributed by atoms with E-state index in [0.29, 0.717) is 0 Å². The average Bonchev–Trinajstić information content (AvgIpc) is 2.07. The van der Waals surface area contributed by atoms with Gasteiger partial charge in [0.2, 0.25) is 0 Å². The number of rotatable bonds is 3. The van der Waals surface area contributed by atoms with Crippen LogP contribution >= 0.6 is 0 Å². The van der Waals surface area contributed by atoms with Crippen LogP contribution in [0.15, 0.2) is 0 Å². The predicted octanol–water partition coefficient (Wildman–Crippen LogP) is 1.34. The number of nitrogens with zero attached hydrogens (tertiary/aromatic N) is 1. The maximum Gasteiger partial charge on any atom is 0.320 e. The SMILES string of the molecule is CC[C@H](C(=O)O)N1CCCCC1. The minimum absolute atomic E-state index is 0.245. The van der Waals surface area contributed by atoms with Crippen LogP contribution in [0.5, 0.6) is 0 Å². The van der Waals surface area contributed by atoms with E-state index in [0.717, 1.165) is 32.4 Å². The van der Waals surface area contributed by atoms with E-state index in [9.17, 15) is 4.79 Å². The highest BCUT2D eigenvalue weighted by Gasteiger charge is 2.24. The van der Waals surface area contributed by atoms with E-state index in [-0.39, 0.29) is 6.04 Å². The van der Waals surface area contributed by atoms with Crippen LogP contribution in [-0.4, -0.2) is 35.1 Å². The molecule has 0 radical (unpaired) electrons. The maximum atomic E-state index is 10.8. The van der Waals surface area contributed by atoms with E-state index in [1.807, 2.05) is 6.92 Å². The van der Waals surface area contributed by atoms with Crippen molar-refractivity contribution in [3.8, 4) is 0 Å². The van der Waals surface area contributed by atoms with Crippen molar-refractivity contribution in [2.75, 3.05) is 13.1 Å². The predicted molar refractivity (Wildman–Crippen MR) is 47.1 cm³/mol. The van der Waals surface area contributed by atoms with Crippen molar-refractivity contribution >= 4 is 5.97 Å². The molecule has 3 nitrogen and oxygen atoms in total. The molecule has 12 heavy (non-hydrogen) atoms. The molecule has 0 unspecified atom stereocenters. The van der Waals surface area contributed by atoms with Gasteiger partial charge in [-0.2, -0.15) is 0 Å². The molecular weight excluding hydrogens is 154 g/mol. The molecule has 0 aromatic rings. The van der Waals surface area contributed by atoms with Gasteiger partial charge in [0.15, 0.2) is 0 Å². The first-order valence-corrected chi connectivity index (χ1v) is 4.72. The summed E-state index contributed by atoms with van der Waals surface area (Å²) in [6.45, 7) is 3.86. The molecule has 1 aliphatic rings. The Morgan fingerprint density at radius 1 is 1.42 bits per heavy atom. The molecule has 1 atom stereocenters. The number of piperidine rings is 1. The van der Waals surface area contributed by atoms with E-state index in [4.69, 9.17) is 5.11 Å². The van der Waals surface area contributed by atoms with Crippen LogP contribution in [0.1, 0.15) is 32.6 Å². The second kappa shape index (κ2) is 4.45. The number of aliphatic carboxylic acids is 1. The Balaban J connectivity index is 2.46. The van der Waals surface area contributed by atoms with Crippen LogP contribution in [0.2, 0.25) is 0 Å². The van der Waals surface area contributed by atoms with Crippen LogP contribution < -0.4 is 0 Å². The van der Waals surface area contributed by atoms with Crippen LogP contribution in [0, 0.1) is 0 Å². The number of hydrogen-bond acceptors (Lipinski definition) is 2. The topological polar surface area (TPSA) is 40.5 Å². The van der Waals surface area contributed by atoms with E-state index in [1.54, 1.807) is 0 Å². The fourth-order valence-electron chi connectivity index (χ4n) is 1.82. The van der Waals surface area contributed by atoms with Gasteiger partial charge in [0.25, 0.3) is 0 Å². The largest absolute Gasteiger partial charge is 0.480 e. The van der Waals surface area contributed by atoms with Crippen molar-refractivity contribution in [1.29, 1.82) is 0 Å². The highest BCUT2D eigenvalue weighted by atomic mass is 16.4. The lowest BCUT2D eigenvalue weighted by atomic mass is 10.1. The minimum atomic E-state index is -0.667. The summed E-state index contributed by atoms with van der Waals surface area (Å²) in [5.74, 6) is -0.667. The monoisotopic (exact) mass is 171 g/mol. The summed E-state index contributed by atoms with van der Waals surface area (Å²) < 4.78 is 0. The van der Waals surface area contributed by atoms with Gasteiger partial charge in [-0.1, -0.05) is 13.3 Å². The third kappa shape index (κ3) is 2.21. The zero-order valence-electron chi connectivity index (χ0n) is 7.62. The van der Waals surface area contributed by atoms with Gasteiger partial charge in [-0.05, 0) is 32.4 Å². The summed E-state index contributed by atoms with van der Waals surface area (Å²) in [7, 11) is 0. The summed E-state index contributed by atoms with van der Waals surface area (Å²) in [4.78, 5) is 12.9. The molecule has 1 rings (SSSR count). The highest BCUT2D eigenvalue weighted by Crippen LogP contribution is 2.13. The third-order valence-electron chi connectivity index (χ3n) is 2.50. The molecule has 0 aliphatic carbocycles. The van der Waals surface area contributed by atoms with Crippen molar-refractivity contribution in [2.24, 2.45) is 0 Å². The Bertz CT molecular complexity index is 153. The standard InChI is InChI=1S/C9H17NO2/c1-2-8(9(11)12)10-6-4-3-5-7-10/h8H,2-7H2,1H3,(H,11,12)/t8-/m1/s1. The Hall–Kier alpha value is -0.570. The van der Waals surface area contributed by atoms with Gasteiger partial charge in [0, 0.05) is 0 Å². The lowest BCUT2D eigenvalue weighted by molar-refractivity contribution is -0.143. The van der Waals surface area contributed by atoms with Gasteiger partial charge >= 0.3 is 5.97 Å². The van der Waals surface area contributed by atoms with Crippen molar-refractivity contribution in [3.05, 3.63) is 0 Å². The number of carbonyl (C=O) groups is 1. The molecule has 1 saturated heterocycles. The molecule has 3 heteroatoms. The lowest BCUT2D eigenvalue weighted by Crippen LogP contribution is -2.43. The second-order valence-electron chi connectivity index (χ2n) is 3.36. The number of carboxylic acid groups (broad SMARTS) is 1. The molecule has 1 aliphatic heterocycles. The zero-order chi connectivity index (χ0) is 8.97. The molecule has 1 fully saturated rings. The van der Waals surface area contributed by atoms with Crippen molar-refractivity contribution < 1.29 is 9.90 Å². The number of hydrogen-bond donors (Lipinski definition) is 1. The first-order valence-electron chi connectivity index (χ1n) is 4.72. The van der Waals surface area contributed by atoms with Crippen molar-refractivity contribution in [3.63, 3.8) is 0 Å². The summed E-state index contributed by atoms with van der Waals surface area (Å²) in [6.07, 6.45) is 4.29. The Kier molecular flexibility index (Phi) is 3.53. The number of likely N-dealkylation sites (tertiary alicyclic amines) is 1. The van der Waals surface area contributed by atoms with E-state index in [1.165, 1.54) is 6.42 Å². The second-order valence-corrected chi connectivity index (χ2v) is 3.36. The molecule has 1 N–H and O–H groups in total. The van der Waals surface area contributed by atoms with Crippen molar-refractivity contribution in [1.82, 2.24) is 4.90 Å². The van der Waals surface area contributed by atoms with E-state index >= 15 is 0 Å². The van der Waals surface area contributed by atoms with Gasteiger partial charge in [0.1, 0.15) is 6.04 Å². The van der Waals surface area contributed by atoms with Crippen molar-refractivity contribution in [2.45, 2.75) is 38.6 Å². The Morgan fingerprint density at radius 2 is 2.00 bits per heavy atom. The Labute approximate surface area is 73.4 Å². The smallest absolute Gasteiger partial charge is 0.320 e. The van der Waals surface area contributed by atoms with Gasteiger partial charge in [-0.25, -0.2) is 0 Å². The highest BCUT2D eigenvalue weighted by molar-refractivity contribution is 5.73. The summed E-state index contributed by atoms with van der Waals surface area (Å²) in [5, 5.41) is 8.88. The Morgan fingerprint density at radius 3 is 2.42 bits per heavy atom. The van der Waals surface area contributed by atoms with Crippen LogP contribution in [0.3, 0.4) is 0 Å². The molecule has 70 valence electrons. The fraction of sp³-hybridized carbons (Fsp3) is 0.889. The summed E-state index contributed by atoms with van der Waals surface area (Å²) in [5.41, 5.74) is 0. The van der Waals surface area contributed by atoms with E-state index in [2.05, 4.69) is 4.90 Å². The summed E-state index contributed by atoms with van der Waals surface area (Å²) >= 11 is 0.